The summed E-state index contributed by atoms with van der Waals surface area (Å²) in [5.74, 6) is 3.01. The number of rotatable bonds is 11. The summed E-state index contributed by atoms with van der Waals surface area (Å²) < 4.78 is 22.2. The Balaban J connectivity index is 0.00000187. The van der Waals surface area contributed by atoms with Gasteiger partial charge in [0.1, 0.15) is 48.9 Å². The molecule has 0 bridgehead atoms. The molecule has 3 aliphatic heterocycles. The SMILES string of the molecule is CCC.COC(=O)NCC(=O)N1CCCC1c1ncc(-c2ccc3c(c2)OCC2=C3COc3cc(-c4cnc(CN(C(=O)C(NC(=O)OC)C(C)C)C5C(C)C5C)[nH]4)ccc32)[nH]1. The average molecular weight is 851 g/mol. The molecule has 8 rings (SSSR count). The third kappa shape index (κ3) is 9.00. The van der Waals surface area contributed by atoms with E-state index in [1.165, 1.54) is 20.6 Å². The number of fused-ring (bicyclic) bond motifs is 4. The molecule has 5 heterocycles. The van der Waals surface area contributed by atoms with Gasteiger partial charge in [0, 0.05) is 46.0 Å². The maximum atomic E-state index is 13.9. The second-order valence-electron chi connectivity index (χ2n) is 16.7. The van der Waals surface area contributed by atoms with Crippen molar-refractivity contribution >= 4 is 35.1 Å². The van der Waals surface area contributed by atoms with Crippen molar-refractivity contribution in [3.8, 4) is 34.0 Å². The fraction of sp³-hybridized carbons (Fsp3) is 0.478. The highest BCUT2D eigenvalue weighted by Gasteiger charge is 2.50. The molecule has 16 heteroatoms. The highest BCUT2D eigenvalue weighted by molar-refractivity contribution is 5.98. The van der Waals surface area contributed by atoms with E-state index < -0.39 is 18.2 Å². The predicted molar refractivity (Wildman–Crippen MR) is 233 cm³/mol. The Morgan fingerprint density at radius 3 is 2.02 bits per heavy atom. The smallest absolute Gasteiger partial charge is 0.407 e. The van der Waals surface area contributed by atoms with E-state index in [0.717, 1.165) is 69.1 Å². The summed E-state index contributed by atoms with van der Waals surface area (Å²) in [5.41, 5.74) is 7.48. The Morgan fingerprint density at radius 1 is 0.871 bits per heavy atom. The largest absolute Gasteiger partial charge is 0.488 e. The van der Waals surface area contributed by atoms with Crippen LogP contribution in [0.25, 0.3) is 33.7 Å². The van der Waals surface area contributed by atoms with Gasteiger partial charge in [-0.15, -0.1) is 0 Å². The Labute approximate surface area is 362 Å². The maximum absolute atomic E-state index is 13.9. The molecule has 4 atom stereocenters. The standard InChI is InChI=1S/C43H50N8O8.C3H8/c1-22(2)38(49-43(55)57-6)41(53)51(39-23(3)24(39)4)19-36-44-16-31(47-36)25-9-11-27-29-21-59-35-15-26(10-12-28(35)30(29)20-58-34(27)14-25)32-17-45-40(48-32)33-8-7-13-50(33)37(52)18-46-42(54)56-5;1-3-2/h9-12,14-17,22-24,33,38-39H,7-8,13,18-21H2,1-6H3,(H,44,47)(H,45,48)(H,46,54)(H,49,55);3H2,1-2H3. The molecule has 1 saturated heterocycles. The molecular weight excluding hydrogens is 793 g/mol. The van der Waals surface area contributed by atoms with Gasteiger partial charge in [-0.25, -0.2) is 19.6 Å². The maximum Gasteiger partial charge on any atom is 0.407 e. The number of nitrogens with one attached hydrogen (secondary N) is 4. The van der Waals surface area contributed by atoms with E-state index in [1.54, 1.807) is 17.3 Å². The number of carbonyl (C=O) groups is 4. The Kier molecular flexibility index (Phi) is 13.2. The van der Waals surface area contributed by atoms with Crippen LogP contribution in [-0.4, -0.2) is 106 Å². The summed E-state index contributed by atoms with van der Waals surface area (Å²) in [5, 5.41) is 5.19. The van der Waals surface area contributed by atoms with Gasteiger partial charge in [-0.3, -0.25) is 9.59 Å². The van der Waals surface area contributed by atoms with Crippen LogP contribution >= 0.6 is 0 Å². The van der Waals surface area contributed by atoms with Crippen LogP contribution < -0.4 is 20.1 Å². The lowest BCUT2D eigenvalue weighted by Crippen LogP contribution is -2.52. The van der Waals surface area contributed by atoms with Crippen LogP contribution in [-0.2, 0) is 25.6 Å². The number of nitrogens with zero attached hydrogens (tertiary/aromatic N) is 4. The van der Waals surface area contributed by atoms with Crippen LogP contribution in [0.1, 0.15) is 89.6 Å². The fourth-order valence-corrected chi connectivity index (χ4v) is 8.56. The number of hydrogen-bond acceptors (Lipinski definition) is 10. The number of aromatic amines is 2. The minimum Gasteiger partial charge on any atom is -0.488 e. The van der Waals surface area contributed by atoms with Gasteiger partial charge >= 0.3 is 12.2 Å². The van der Waals surface area contributed by atoms with Crippen molar-refractivity contribution in [1.29, 1.82) is 0 Å². The first-order valence-electron chi connectivity index (χ1n) is 21.5. The lowest BCUT2D eigenvalue weighted by molar-refractivity contribution is -0.136. The number of carbonyl (C=O) groups excluding carboxylic acids is 4. The fourth-order valence-electron chi connectivity index (χ4n) is 8.56. The van der Waals surface area contributed by atoms with Gasteiger partial charge in [0.2, 0.25) is 11.8 Å². The average Bonchev–Trinajstić information content (AvgIpc) is 3.86. The van der Waals surface area contributed by atoms with Crippen LogP contribution in [0.3, 0.4) is 0 Å². The molecule has 330 valence electrons. The third-order valence-electron chi connectivity index (χ3n) is 12.1. The highest BCUT2D eigenvalue weighted by Crippen LogP contribution is 2.46. The van der Waals surface area contributed by atoms with Crippen molar-refractivity contribution in [3.05, 3.63) is 71.6 Å². The lowest BCUT2D eigenvalue weighted by Gasteiger charge is -2.30. The molecule has 1 saturated carbocycles. The van der Waals surface area contributed by atoms with Crippen LogP contribution in [0.15, 0.2) is 48.8 Å². The number of alkyl carbamates (subject to hydrolysis) is 2. The number of benzene rings is 2. The number of methoxy groups -OCH3 is 2. The zero-order valence-corrected chi connectivity index (χ0v) is 36.8. The van der Waals surface area contributed by atoms with E-state index in [4.69, 9.17) is 14.2 Å². The van der Waals surface area contributed by atoms with Crippen LogP contribution in [0.5, 0.6) is 11.5 Å². The lowest BCUT2D eigenvalue weighted by atomic mass is 9.89. The van der Waals surface area contributed by atoms with Crippen LogP contribution in [0, 0.1) is 17.8 Å². The molecule has 2 aromatic carbocycles. The van der Waals surface area contributed by atoms with E-state index >= 15 is 0 Å². The van der Waals surface area contributed by atoms with Crippen molar-refractivity contribution < 1.29 is 38.1 Å². The van der Waals surface area contributed by atoms with E-state index in [0.29, 0.717) is 43.2 Å². The van der Waals surface area contributed by atoms with E-state index in [2.05, 4.69) is 63.0 Å². The molecule has 62 heavy (non-hydrogen) atoms. The number of amides is 4. The topological polar surface area (TPSA) is 193 Å². The van der Waals surface area contributed by atoms with E-state index in [1.807, 2.05) is 55.1 Å². The first kappa shape index (κ1) is 43.8. The molecule has 4 unspecified atom stereocenters. The Bertz CT molecular complexity index is 2330. The zero-order valence-electron chi connectivity index (χ0n) is 36.8. The minimum atomic E-state index is -0.727. The molecular formula is C46H58N8O8. The molecule has 1 aliphatic carbocycles. The van der Waals surface area contributed by atoms with Crippen molar-refractivity contribution in [1.82, 2.24) is 40.4 Å². The quantitative estimate of drug-likeness (QED) is 0.123. The number of imidazole rings is 2. The first-order valence-corrected chi connectivity index (χ1v) is 21.5. The second kappa shape index (κ2) is 18.7. The summed E-state index contributed by atoms with van der Waals surface area (Å²) in [6, 6.07) is 11.3. The Hall–Kier alpha value is -6.32. The van der Waals surface area contributed by atoms with Gasteiger partial charge in [0.15, 0.2) is 0 Å². The van der Waals surface area contributed by atoms with Gasteiger partial charge in [-0.05, 0) is 42.7 Å². The number of likely N-dealkylation sites (tertiary alicyclic amines) is 1. The zero-order chi connectivity index (χ0) is 44.2. The molecule has 4 aromatic rings. The van der Waals surface area contributed by atoms with Gasteiger partial charge in [0.05, 0.1) is 50.6 Å². The Morgan fingerprint density at radius 2 is 1.45 bits per heavy atom. The van der Waals surface area contributed by atoms with Gasteiger partial charge in [-0.2, -0.15) is 0 Å². The number of ether oxygens (including phenoxy) is 4. The molecule has 0 radical (unpaired) electrons. The normalized spacial score (nSPS) is 20.0. The monoisotopic (exact) mass is 850 g/mol. The minimum absolute atomic E-state index is 0.0422. The van der Waals surface area contributed by atoms with Crippen LogP contribution in [0.4, 0.5) is 9.59 Å². The van der Waals surface area contributed by atoms with Gasteiger partial charge < -0.3 is 49.3 Å². The second-order valence-corrected chi connectivity index (χ2v) is 16.7. The molecule has 16 nitrogen and oxygen atoms in total. The van der Waals surface area contributed by atoms with Crippen LogP contribution in [0.2, 0.25) is 0 Å². The molecule has 4 amide bonds. The molecule has 2 fully saturated rings. The molecule has 2 aromatic heterocycles. The molecule has 4 N–H and O–H groups in total. The summed E-state index contributed by atoms with van der Waals surface area (Å²) in [4.78, 5) is 70.1. The van der Waals surface area contributed by atoms with Crippen molar-refractivity contribution in [2.75, 3.05) is 40.5 Å². The van der Waals surface area contributed by atoms with Crippen molar-refractivity contribution in [3.63, 3.8) is 0 Å². The summed E-state index contributed by atoms with van der Waals surface area (Å²) in [6.07, 6.45) is 5.12. The molecule has 0 spiro atoms. The predicted octanol–water partition coefficient (Wildman–Crippen LogP) is 6.96. The van der Waals surface area contributed by atoms with E-state index in [-0.39, 0.29) is 42.9 Å². The van der Waals surface area contributed by atoms with Gasteiger partial charge in [-0.1, -0.05) is 72.2 Å². The summed E-state index contributed by atoms with van der Waals surface area (Å²) in [6.45, 7) is 13.8. The first-order chi connectivity index (χ1) is 29.9. The number of H-pyrrole nitrogens is 2. The molecule has 4 aliphatic rings. The van der Waals surface area contributed by atoms with Gasteiger partial charge in [0.25, 0.3) is 0 Å². The third-order valence-corrected chi connectivity index (χ3v) is 12.1. The summed E-state index contributed by atoms with van der Waals surface area (Å²) in [7, 11) is 2.55. The van der Waals surface area contributed by atoms with Crippen molar-refractivity contribution in [2.45, 2.75) is 85.5 Å². The number of aromatic nitrogens is 4. The summed E-state index contributed by atoms with van der Waals surface area (Å²) >= 11 is 0. The highest BCUT2D eigenvalue weighted by atomic mass is 16.5. The van der Waals surface area contributed by atoms with Crippen molar-refractivity contribution in [2.24, 2.45) is 17.8 Å². The number of hydrogen-bond donors (Lipinski definition) is 4. The van der Waals surface area contributed by atoms with E-state index in [9.17, 15) is 19.2 Å².